The van der Waals surface area contributed by atoms with Crippen molar-refractivity contribution in [1.82, 2.24) is 5.32 Å². The summed E-state index contributed by atoms with van der Waals surface area (Å²) < 4.78 is 5.08. The molecular formula is C9H20N2O3. The molecule has 0 spiro atoms. The molecule has 0 bridgehead atoms. The van der Waals surface area contributed by atoms with E-state index in [0.29, 0.717) is 0 Å². The maximum atomic E-state index is 11.1. The van der Waals surface area contributed by atoms with Crippen molar-refractivity contribution >= 4 is 5.91 Å². The first-order valence-corrected chi connectivity index (χ1v) is 4.75. The second-order valence-electron chi connectivity index (χ2n) is 3.57. The molecule has 0 saturated carbocycles. The van der Waals surface area contributed by atoms with E-state index in [4.69, 9.17) is 15.6 Å². The minimum Gasteiger partial charge on any atom is -0.392 e. The first kappa shape index (κ1) is 13.4. The van der Waals surface area contributed by atoms with Gasteiger partial charge in [0.25, 0.3) is 0 Å². The summed E-state index contributed by atoms with van der Waals surface area (Å²) in [5.74, 6) is -0.213. The van der Waals surface area contributed by atoms with Gasteiger partial charge in [-0.3, -0.25) is 4.79 Å². The summed E-state index contributed by atoms with van der Waals surface area (Å²) in [6, 6.07) is -0.432. The van der Waals surface area contributed by atoms with Gasteiger partial charge in [-0.25, -0.2) is 0 Å². The molecule has 0 rings (SSSR count). The lowest BCUT2D eigenvalue weighted by atomic mass is 10.2. The highest BCUT2D eigenvalue weighted by Gasteiger charge is 2.10. The Hall–Kier alpha value is -0.650. The van der Waals surface area contributed by atoms with Crippen LogP contribution in [0.3, 0.4) is 0 Å². The molecule has 0 aromatic heterocycles. The van der Waals surface area contributed by atoms with Crippen molar-refractivity contribution in [2.45, 2.75) is 39.0 Å². The minimum atomic E-state index is -0.624. The summed E-state index contributed by atoms with van der Waals surface area (Å²) >= 11 is 0. The fourth-order valence-electron chi connectivity index (χ4n) is 0.696. The minimum absolute atomic E-state index is 0.0319. The number of amides is 1. The molecule has 0 aliphatic heterocycles. The zero-order chi connectivity index (χ0) is 11.1. The third-order valence-electron chi connectivity index (χ3n) is 1.70. The van der Waals surface area contributed by atoms with Crippen molar-refractivity contribution in [3.05, 3.63) is 0 Å². The van der Waals surface area contributed by atoms with Gasteiger partial charge in [0, 0.05) is 12.6 Å². The van der Waals surface area contributed by atoms with E-state index < -0.39 is 12.1 Å². The Morgan fingerprint density at radius 1 is 1.50 bits per heavy atom. The van der Waals surface area contributed by atoms with E-state index in [1.54, 1.807) is 6.92 Å². The first-order valence-electron chi connectivity index (χ1n) is 4.75. The van der Waals surface area contributed by atoms with Crippen molar-refractivity contribution in [2.75, 3.05) is 13.2 Å². The predicted octanol–water partition coefficient (Wildman–Crippen LogP) is -0.764. The predicted molar refractivity (Wildman–Crippen MR) is 53.8 cm³/mol. The highest BCUT2D eigenvalue weighted by molar-refractivity contribution is 5.77. The monoisotopic (exact) mass is 204 g/mol. The van der Waals surface area contributed by atoms with Gasteiger partial charge in [0.1, 0.15) is 6.61 Å². The average Bonchev–Trinajstić information content (AvgIpc) is 2.10. The summed E-state index contributed by atoms with van der Waals surface area (Å²) in [5, 5.41) is 11.6. The Balaban J connectivity index is 3.54. The molecule has 14 heavy (non-hydrogen) atoms. The molecule has 5 heteroatoms. The summed E-state index contributed by atoms with van der Waals surface area (Å²) in [4.78, 5) is 11.1. The number of ether oxygens (including phenoxy) is 1. The van der Waals surface area contributed by atoms with Crippen molar-refractivity contribution < 1.29 is 14.6 Å². The number of nitrogens with one attached hydrogen (secondary N) is 1. The van der Waals surface area contributed by atoms with Gasteiger partial charge < -0.3 is 20.9 Å². The molecule has 0 saturated heterocycles. The lowest BCUT2D eigenvalue weighted by Gasteiger charge is -2.15. The molecule has 0 aromatic rings. The SMILES string of the molecule is CC(C)OCC(=O)NCC(N)C(C)O. The molecule has 0 heterocycles. The number of carbonyl (C=O) groups excluding carboxylic acids is 1. The summed E-state index contributed by atoms with van der Waals surface area (Å²) in [6.07, 6.45) is -0.590. The lowest BCUT2D eigenvalue weighted by Crippen LogP contribution is -2.44. The van der Waals surface area contributed by atoms with Crippen LogP contribution in [-0.2, 0) is 9.53 Å². The standard InChI is InChI=1S/C9H20N2O3/c1-6(2)14-5-9(13)11-4-8(10)7(3)12/h6-8,12H,4-5,10H2,1-3H3,(H,11,13). The molecule has 0 aromatic carbocycles. The smallest absolute Gasteiger partial charge is 0.246 e. The van der Waals surface area contributed by atoms with Crippen LogP contribution in [0.1, 0.15) is 20.8 Å². The van der Waals surface area contributed by atoms with Crippen LogP contribution in [0.5, 0.6) is 0 Å². The zero-order valence-corrected chi connectivity index (χ0v) is 8.99. The maximum absolute atomic E-state index is 11.1. The topological polar surface area (TPSA) is 84.6 Å². The molecular weight excluding hydrogens is 184 g/mol. The molecule has 84 valence electrons. The molecule has 0 fully saturated rings. The number of aliphatic hydroxyl groups is 1. The normalized spacial score (nSPS) is 15.3. The Morgan fingerprint density at radius 3 is 2.50 bits per heavy atom. The van der Waals surface area contributed by atoms with Crippen LogP contribution in [-0.4, -0.2) is 42.4 Å². The van der Waals surface area contributed by atoms with Crippen LogP contribution in [0.15, 0.2) is 0 Å². The number of carbonyl (C=O) groups is 1. The van der Waals surface area contributed by atoms with E-state index in [2.05, 4.69) is 5.32 Å². The average molecular weight is 204 g/mol. The van der Waals surface area contributed by atoms with Gasteiger partial charge >= 0.3 is 0 Å². The van der Waals surface area contributed by atoms with E-state index in [-0.39, 0.29) is 25.2 Å². The zero-order valence-electron chi connectivity index (χ0n) is 8.99. The van der Waals surface area contributed by atoms with Gasteiger partial charge in [-0.1, -0.05) is 0 Å². The van der Waals surface area contributed by atoms with E-state index in [1.165, 1.54) is 0 Å². The third-order valence-corrected chi connectivity index (χ3v) is 1.70. The van der Waals surface area contributed by atoms with Gasteiger partial charge in [0.2, 0.25) is 5.91 Å². The van der Waals surface area contributed by atoms with Crippen LogP contribution in [0.2, 0.25) is 0 Å². The first-order chi connectivity index (χ1) is 6.43. The van der Waals surface area contributed by atoms with Crippen LogP contribution < -0.4 is 11.1 Å². The summed E-state index contributed by atoms with van der Waals surface area (Å²) in [7, 11) is 0. The lowest BCUT2D eigenvalue weighted by molar-refractivity contribution is -0.127. The van der Waals surface area contributed by atoms with Crippen LogP contribution in [0.4, 0.5) is 0 Å². The van der Waals surface area contributed by atoms with Crippen LogP contribution in [0, 0.1) is 0 Å². The number of hydrogen-bond acceptors (Lipinski definition) is 4. The molecule has 5 nitrogen and oxygen atoms in total. The van der Waals surface area contributed by atoms with E-state index in [9.17, 15) is 4.79 Å². The van der Waals surface area contributed by atoms with Crippen molar-refractivity contribution in [3.8, 4) is 0 Å². The summed E-state index contributed by atoms with van der Waals surface area (Å²) in [5.41, 5.74) is 5.52. The Kier molecular flexibility index (Phi) is 6.44. The number of nitrogens with two attached hydrogens (primary N) is 1. The highest BCUT2D eigenvalue weighted by atomic mass is 16.5. The number of rotatable bonds is 6. The molecule has 2 unspecified atom stereocenters. The van der Waals surface area contributed by atoms with Crippen LogP contribution >= 0.6 is 0 Å². The largest absolute Gasteiger partial charge is 0.392 e. The van der Waals surface area contributed by atoms with Gasteiger partial charge in [-0.15, -0.1) is 0 Å². The highest BCUT2D eigenvalue weighted by Crippen LogP contribution is 1.88. The Bertz CT molecular complexity index is 171. The molecule has 0 radical (unpaired) electrons. The Labute approximate surface area is 84.6 Å². The van der Waals surface area contributed by atoms with E-state index in [0.717, 1.165) is 0 Å². The molecule has 4 N–H and O–H groups in total. The van der Waals surface area contributed by atoms with E-state index in [1.807, 2.05) is 13.8 Å². The summed E-state index contributed by atoms with van der Waals surface area (Å²) in [6.45, 7) is 5.59. The fraction of sp³-hybridized carbons (Fsp3) is 0.889. The second kappa shape index (κ2) is 6.75. The van der Waals surface area contributed by atoms with Gasteiger partial charge in [-0.2, -0.15) is 0 Å². The maximum Gasteiger partial charge on any atom is 0.246 e. The van der Waals surface area contributed by atoms with Gasteiger partial charge in [0.15, 0.2) is 0 Å². The van der Waals surface area contributed by atoms with Crippen molar-refractivity contribution in [1.29, 1.82) is 0 Å². The Morgan fingerprint density at radius 2 is 2.07 bits per heavy atom. The van der Waals surface area contributed by atoms with E-state index >= 15 is 0 Å². The second-order valence-corrected chi connectivity index (χ2v) is 3.57. The molecule has 0 aliphatic carbocycles. The number of hydrogen-bond donors (Lipinski definition) is 3. The van der Waals surface area contributed by atoms with Crippen molar-refractivity contribution in [2.24, 2.45) is 5.73 Å². The molecule has 2 atom stereocenters. The molecule has 1 amide bonds. The van der Waals surface area contributed by atoms with Gasteiger partial charge in [-0.05, 0) is 20.8 Å². The number of aliphatic hydroxyl groups excluding tert-OH is 1. The third kappa shape index (κ3) is 6.82. The van der Waals surface area contributed by atoms with Gasteiger partial charge in [0.05, 0.1) is 12.2 Å². The fourth-order valence-corrected chi connectivity index (χ4v) is 0.696. The molecule has 0 aliphatic rings. The van der Waals surface area contributed by atoms with Crippen LogP contribution in [0.25, 0.3) is 0 Å². The quantitative estimate of drug-likeness (QED) is 0.531. The van der Waals surface area contributed by atoms with Crippen molar-refractivity contribution in [3.63, 3.8) is 0 Å².